The van der Waals surface area contributed by atoms with Gasteiger partial charge in [0.05, 0.1) is 6.54 Å². The molecule has 206 valence electrons. The Morgan fingerprint density at radius 3 is 1.70 bits per heavy atom. The second-order valence-electron chi connectivity index (χ2n) is 8.66. The summed E-state index contributed by atoms with van der Waals surface area (Å²) in [5, 5.41) is 14.2. The topological polar surface area (TPSA) is 94.2 Å². The van der Waals surface area contributed by atoms with Crippen LogP contribution in [0.4, 0.5) is 30.7 Å². The van der Waals surface area contributed by atoms with Crippen molar-refractivity contribution >= 4 is 11.9 Å². The van der Waals surface area contributed by atoms with Crippen LogP contribution in [0.25, 0.3) is 0 Å². The summed E-state index contributed by atoms with van der Waals surface area (Å²) in [4.78, 5) is 22.8. The van der Waals surface area contributed by atoms with Gasteiger partial charge in [-0.1, -0.05) is 12.1 Å². The zero-order chi connectivity index (χ0) is 28.0. The zero-order valence-corrected chi connectivity index (χ0v) is 19.5. The van der Waals surface area contributed by atoms with Gasteiger partial charge in [0.2, 0.25) is 0 Å². The molecule has 2 saturated heterocycles. The maximum absolute atomic E-state index is 13.3. The molecule has 2 aliphatic heterocycles. The Morgan fingerprint density at radius 1 is 0.865 bits per heavy atom. The Labute approximate surface area is 207 Å². The number of carboxylic acid groups (broad SMARTS) is 2. The molecule has 14 heteroatoms. The van der Waals surface area contributed by atoms with Gasteiger partial charge >= 0.3 is 24.3 Å². The Morgan fingerprint density at radius 2 is 1.32 bits per heavy atom. The molecule has 2 aromatic rings. The van der Waals surface area contributed by atoms with E-state index >= 15 is 0 Å². The molecule has 2 fully saturated rings. The van der Waals surface area contributed by atoms with Crippen molar-refractivity contribution in [3.63, 3.8) is 0 Å². The first kappa shape index (κ1) is 30.1. The van der Waals surface area contributed by atoms with E-state index in [0.717, 1.165) is 68.2 Å². The van der Waals surface area contributed by atoms with Crippen molar-refractivity contribution in [3.8, 4) is 0 Å². The fraction of sp³-hybridized carbons (Fsp3) is 0.478. The predicted molar refractivity (Wildman–Crippen MR) is 115 cm³/mol. The van der Waals surface area contributed by atoms with Crippen LogP contribution in [-0.4, -0.2) is 70.5 Å². The normalized spacial score (nSPS) is 19.9. The number of aryl methyl sites for hydroxylation is 1. The van der Waals surface area contributed by atoms with Crippen LogP contribution in [0.5, 0.6) is 0 Å². The van der Waals surface area contributed by atoms with Crippen LogP contribution in [0.15, 0.2) is 40.8 Å². The van der Waals surface area contributed by atoms with E-state index < -0.39 is 24.3 Å². The summed E-state index contributed by atoms with van der Waals surface area (Å²) in [6, 6.07) is 11.1. The number of rotatable bonds is 4. The smallest absolute Gasteiger partial charge is 0.475 e. The number of furan rings is 1. The highest BCUT2D eigenvalue weighted by Crippen LogP contribution is 2.32. The number of alkyl halides is 6. The SMILES string of the molecule is Cc1ccc(CN2CC3CN(Cc4cccc(F)c4)CC3C2)o1.O=C(O)C(F)(F)F.O=C(O)C(F)(F)F. The Bertz CT molecular complexity index is 1020. The van der Waals surface area contributed by atoms with Crippen molar-refractivity contribution in [1.29, 1.82) is 0 Å². The molecule has 2 aliphatic rings. The highest BCUT2D eigenvalue weighted by Gasteiger charge is 2.40. The molecule has 2 unspecified atom stereocenters. The molecule has 0 bridgehead atoms. The summed E-state index contributed by atoms with van der Waals surface area (Å²) >= 11 is 0. The van der Waals surface area contributed by atoms with Crippen molar-refractivity contribution in [2.45, 2.75) is 32.4 Å². The van der Waals surface area contributed by atoms with Crippen LogP contribution >= 0.6 is 0 Å². The monoisotopic (exact) mass is 542 g/mol. The lowest BCUT2D eigenvalue weighted by Gasteiger charge is -2.20. The van der Waals surface area contributed by atoms with E-state index in [1.165, 1.54) is 6.07 Å². The van der Waals surface area contributed by atoms with Crippen LogP contribution in [0, 0.1) is 24.6 Å². The molecule has 3 heterocycles. The summed E-state index contributed by atoms with van der Waals surface area (Å²) in [6.45, 7) is 8.30. The van der Waals surface area contributed by atoms with Gasteiger partial charge in [0.15, 0.2) is 0 Å². The number of benzene rings is 1. The molecule has 0 amide bonds. The van der Waals surface area contributed by atoms with Crippen molar-refractivity contribution in [1.82, 2.24) is 9.80 Å². The number of carboxylic acids is 2. The first-order chi connectivity index (χ1) is 17.0. The van der Waals surface area contributed by atoms with E-state index in [1.54, 1.807) is 12.1 Å². The number of aliphatic carboxylic acids is 2. The Kier molecular flexibility index (Phi) is 10.1. The van der Waals surface area contributed by atoms with Gasteiger partial charge in [-0.25, -0.2) is 14.0 Å². The van der Waals surface area contributed by atoms with Crippen LogP contribution < -0.4 is 0 Å². The quantitative estimate of drug-likeness (QED) is 0.548. The predicted octanol–water partition coefficient (Wildman–Crippen LogP) is 4.56. The van der Waals surface area contributed by atoms with E-state index in [9.17, 15) is 30.7 Å². The average molecular weight is 542 g/mol. The first-order valence-electron chi connectivity index (χ1n) is 10.9. The molecule has 0 spiro atoms. The third-order valence-corrected chi connectivity index (χ3v) is 5.59. The van der Waals surface area contributed by atoms with Gasteiger partial charge in [-0.15, -0.1) is 0 Å². The lowest BCUT2D eigenvalue weighted by Crippen LogP contribution is -2.28. The van der Waals surface area contributed by atoms with Crippen molar-refractivity contribution < 1.29 is 55.0 Å². The maximum Gasteiger partial charge on any atom is 0.490 e. The third kappa shape index (κ3) is 10.0. The van der Waals surface area contributed by atoms with Gasteiger partial charge in [-0.05, 0) is 48.6 Å². The van der Waals surface area contributed by atoms with Crippen molar-refractivity contribution in [2.24, 2.45) is 11.8 Å². The number of hydrogen-bond acceptors (Lipinski definition) is 5. The highest BCUT2D eigenvalue weighted by molar-refractivity contribution is 5.73. The maximum atomic E-state index is 13.3. The number of hydrogen-bond donors (Lipinski definition) is 2. The largest absolute Gasteiger partial charge is 0.490 e. The third-order valence-electron chi connectivity index (χ3n) is 5.59. The summed E-state index contributed by atoms with van der Waals surface area (Å²) in [5.74, 6) is -2.12. The van der Waals surface area contributed by atoms with Gasteiger partial charge in [0.25, 0.3) is 0 Å². The van der Waals surface area contributed by atoms with Crippen LogP contribution in [0.3, 0.4) is 0 Å². The minimum Gasteiger partial charge on any atom is -0.475 e. The number of carbonyl (C=O) groups is 2. The molecule has 0 saturated carbocycles. The number of fused-ring (bicyclic) bond motifs is 1. The van der Waals surface area contributed by atoms with Gasteiger partial charge in [0, 0.05) is 32.7 Å². The Hall–Kier alpha value is -3.13. The van der Waals surface area contributed by atoms with E-state index in [-0.39, 0.29) is 5.82 Å². The van der Waals surface area contributed by atoms with E-state index in [1.807, 2.05) is 19.1 Å². The Balaban J connectivity index is 0.000000286. The fourth-order valence-corrected chi connectivity index (χ4v) is 4.13. The molecular formula is C23H25F7N2O5. The first-order valence-corrected chi connectivity index (χ1v) is 10.9. The van der Waals surface area contributed by atoms with Crippen molar-refractivity contribution in [2.75, 3.05) is 26.2 Å². The average Bonchev–Trinajstić information content (AvgIpc) is 3.42. The second-order valence-corrected chi connectivity index (χ2v) is 8.66. The molecular weight excluding hydrogens is 517 g/mol. The number of nitrogens with zero attached hydrogens (tertiary/aromatic N) is 2. The fourth-order valence-electron chi connectivity index (χ4n) is 4.13. The molecule has 0 aliphatic carbocycles. The van der Waals surface area contributed by atoms with Crippen LogP contribution in [0.1, 0.15) is 17.1 Å². The highest BCUT2D eigenvalue weighted by atomic mass is 19.4. The van der Waals surface area contributed by atoms with Gasteiger partial charge in [0.1, 0.15) is 17.3 Å². The minimum absolute atomic E-state index is 0.137. The molecule has 7 nitrogen and oxygen atoms in total. The summed E-state index contributed by atoms with van der Waals surface area (Å²) in [6.07, 6.45) is -10.2. The summed E-state index contributed by atoms with van der Waals surface area (Å²) in [7, 11) is 0. The number of likely N-dealkylation sites (tertiary alicyclic amines) is 2. The molecule has 4 rings (SSSR count). The van der Waals surface area contributed by atoms with E-state index in [2.05, 4.69) is 15.9 Å². The van der Waals surface area contributed by atoms with E-state index in [0.29, 0.717) is 0 Å². The van der Waals surface area contributed by atoms with E-state index in [4.69, 9.17) is 24.2 Å². The lowest BCUT2D eigenvalue weighted by molar-refractivity contribution is -0.193. The molecule has 37 heavy (non-hydrogen) atoms. The molecule has 2 N–H and O–H groups in total. The molecule has 0 radical (unpaired) electrons. The molecule has 1 aromatic carbocycles. The molecule has 1 aromatic heterocycles. The van der Waals surface area contributed by atoms with Crippen LogP contribution in [0.2, 0.25) is 0 Å². The second kappa shape index (κ2) is 12.4. The molecule has 2 atom stereocenters. The standard InChI is InChI=1S/C19H23FN2O.2C2HF3O2/c1-14-5-6-19(23-14)13-22-11-16-9-21(10-17(16)12-22)8-15-3-2-4-18(20)7-15;2*3-2(4,5)1(6)7/h2-7,16-17H,8-13H2,1H3;2*(H,6,7). The number of halogens is 7. The van der Waals surface area contributed by atoms with Gasteiger partial charge < -0.3 is 14.6 Å². The van der Waals surface area contributed by atoms with Crippen molar-refractivity contribution in [3.05, 3.63) is 59.3 Å². The summed E-state index contributed by atoms with van der Waals surface area (Å²) in [5.41, 5.74) is 1.08. The lowest BCUT2D eigenvalue weighted by atomic mass is 10.0. The van der Waals surface area contributed by atoms with Gasteiger partial charge in [-0.2, -0.15) is 26.3 Å². The van der Waals surface area contributed by atoms with Gasteiger partial charge in [-0.3, -0.25) is 9.80 Å². The zero-order valence-electron chi connectivity index (χ0n) is 19.5. The summed E-state index contributed by atoms with van der Waals surface area (Å²) < 4.78 is 82.5. The minimum atomic E-state index is -5.08. The van der Waals surface area contributed by atoms with Crippen LogP contribution in [-0.2, 0) is 22.7 Å².